The summed E-state index contributed by atoms with van der Waals surface area (Å²) in [6.07, 6.45) is 4.42. The fourth-order valence-corrected chi connectivity index (χ4v) is 12.8. The molecular formula is C85H99N13O16S. The van der Waals surface area contributed by atoms with Crippen molar-refractivity contribution >= 4 is 95.4 Å². The minimum atomic E-state index is -3.65. The first kappa shape index (κ1) is 85.2. The van der Waals surface area contributed by atoms with E-state index in [1.165, 1.54) is 14.2 Å². The molecule has 0 atom stereocenters. The number of nitrogens with one attached hydrogen (secondary N) is 8. The number of urea groups is 2. The highest BCUT2D eigenvalue weighted by atomic mass is 32.2. The highest BCUT2D eigenvalue weighted by Gasteiger charge is 2.25. The van der Waals surface area contributed by atoms with Crippen LogP contribution < -0.4 is 75.1 Å². The average molecular weight is 1590 g/mol. The van der Waals surface area contributed by atoms with Crippen LogP contribution in [0.3, 0.4) is 0 Å². The van der Waals surface area contributed by atoms with Crippen molar-refractivity contribution < 1.29 is 74.9 Å². The third-order valence-corrected chi connectivity index (χ3v) is 18.5. The number of carbonyl (C=O) groups excluding carboxylic acids is 3. The summed E-state index contributed by atoms with van der Waals surface area (Å²) in [7, 11) is 4.06. The molecule has 0 radical (unpaired) electrons. The summed E-state index contributed by atoms with van der Waals surface area (Å²) in [5.41, 5.74) is 5.90. The van der Waals surface area contributed by atoms with Crippen LogP contribution in [0.25, 0.3) is 21.5 Å². The molecule has 2 aromatic heterocycles. The number of nitrogens with zero attached hydrogens (tertiary/aromatic N) is 5. The van der Waals surface area contributed by atoms with Crippen molar-refractivity contribution in [3.05, 3.63) is 192 Å². The number of nitriles is 1. The number of amides is 5. The molecule has 8 N–H and O–H groups in total. The number of sulfonamides is 1. The molecule has 29 nitrogen and oxygen atoms in total. The molecule has 1 aliphatic rings. The fourth-order valence-electron chi connectivity index (χ4n) is 12.2. The maximum Gasteiger partial charge on any atom is 0.323 e. The maximum absolute atomic E-state index is 13.5. The zero-order valence-electron chi connectivity index (χ0n) is 66.7. The van der Waals surface area contributed by atoms with Gasteiger partial charge in [0.15, 0.2) is 5.75 Å². The number of morpholine rings is 1. The van der Waals surface area contributed by atoms with Crippen molar-refractivity contribution in [3.63, 3.8) is 0 Å². The number of methoxy groups -OCH3 is 5. The van der Waals surface area contributed by atoms with Gasteiger partial charge in [-0.1, -0.05) is 96.1 Å². The van der Waals surface area contributed by atoms with Crippen molar-refractivity contribution in [1.82, 2.24) is 25.2 Å². The van der Waals surface area contributed by atoms with Crippen LogP contribution in [0.1, 0.15) is 74.2 Å². The second-order valence-electron chi connectivity index (χ2n) is 28.5. The molecule has 8 aromatic carbocycles. The number of anilines is 8. The summed E-state index contributed by atoms with van der Waals surface area (Å²) >= 11 is 0. The molecule has 0 saturated carbocycles. The normalized spacial score (nSPS) is 12.2. The summed E-state index contributed by atoms with van der Waals surface area (Å²) < 4.78 is 89.0. The van der Waals surface area contributed by atoms with Gasteiger partial charge in [-0.3, -0.25) is 14.4 Å². The third kappa shape index (κ3) is 24.9. The first-order valence-electron chi connectivity index (χ1n) is 37.2. The lowest BCUT2D eigenvalue weighted by Crippen LogP contribution is -2.41. The number of pyridine rings is 1. The predicted octanol–water partition coefficient (Wildman–Crippen LogP) is 15.3. The Morgan fingerprint density at radius 1 is 0.565 bits per heavy atom. The third-order valence-electron chi connectivity index (χ3n) is 17.9. The van der Waals surface area contributed by atoms with Gasteiger partial charge >= 0.3 is 12.1 Å². The van der Waals surface area contributed by atoms with Crippen LogP contribution in [0.2, 0.25) is 0 Å². The van der Waals surface area contributed by atoms with E-state index in [1.54, 1.807) is 107 Å². The number of fused-ring (bicyclic) bond motifs is 2. The monoisotopic (exact) mass is 1590 g/mol. The second-order valence-corrected chi connectivity index (χ2v) is 30.3. The molecule has 0 unspecified atom stereocenters. The number of aromatic nitrogens is 3. The minimum Gasteiger partial charge on any atom is -0.497 e. The summed E-state index contributed by atoms with van der Waals surface area (Å²) in [6.45, 7) is 19.6. The SMILES string of the molecule is COCCOCCOCCOc1cc(Nc2cc(Oc3ccc(NC(=O)Nc4cc(C(C)(C)C)cc(CC#N)c4OC)c4ccccc34)ccn2)cc(OC)c1.COc1cc(CNc2nccc(Oc3ccc(NC(=O)Nc4cc(C(C)(C)C)cc(NS(C)(=O)=O)c4OC)c4ccccc34)n2)cc(C(=O)NCCN2CCOCC2)c1. The lowest BCUT2D eigenvalue weighted by Gasteiger charge is -2.26. The van der Waals surface area contributed by atoms with Crippen molar-refractivity contribution in [2.24, 2.45) is 0 Å². The van der Waals surface area contributed by atoms with E-state index >= 15 is 0 Å². The molecule has 11 rings (SSSR count). The van der Waals surface area contributed by atoms with Crippen molar-refractivity contribution in [2.75, 3.05) is 157 Å². The molecule has 3 heterocycles. The van der Waals surface area contributed by atoms with E-state index in [2.05, 4.69) is 88.6 Å². The van der Waals surface area contributed by atoms with Crippen molar-refractivity contribution in [3.8, 4) is 57.9 Å². The molecule has 1 fully saturated rings. The molecule has 10 aromatic rings. The van der Waals surface area contributed by atoms with Gasteiger partial charge in [-0.05, 0) is 94.3 Å². The van der Waals surface area contributed by atoms with Crippen LogP contribution in [0, 0.1) is 11.3 Å². The zero-order valence-corrected chi connectivity index (χ0v) is 67.5. The molecule has 0 bridgehead atoms. The first-order chi connectivity index (χ1) is 55.3. The minimum absolute atomic E-state index is 0.145. The number of benzene rings is 8. The molecule has 1 saturated heterocycles. The summed E-state index contributed by atoms with van der Waals surface area (Å²) in [5, 5.41) is 33.6. The molecule has 115 heavy (non-hydrogen) atoms. The zero-order chi connectivity index (χ0) is 82.1. The van der Waals surface area contributed by atoms with Crippen molar-refractivity contribution in [2.45, 2.75) is 65.3 Å². The van der Waals surface area contributed by atoms with Gasteiger partial charge in [0, 0.05) is 121 Å². The van der Waals surface area contributed by atoms with E-state index < -0.39 is 22.1 Å². The van der Waals surface area contributed by atoms with Gasteiger partial charge in [0.1, 0.15) is 52.7 Å². The van der Waals surface area contributed by atoms with E-state index in [-0.39, 0.29) is 46.2 Å². The Balaban J connectivity index is 0.000000243. The summed E-state index contributed by atoms with van der Waals surface area (Å²) in [5.74, 6) is 4.95. The molecule has 1 aliphatic heterocycles. The van der Waals surface area contributed by atoms with E-state index in [1.807, 2.05) is 99.6 Å². The van der Waals surface area contributed by atoms with E-state index in [4.69, 9.17) is 52.1 Å². The maximum atomic E-state index is 13.5. The molecule has 0 aliphatic carbocycles. The van der Waals surface area contributed by atoms with Gasteiger partial charge in [0.05, 0.1) is 122 Å². The highest BCUT2D eigenvalue weighted by Crippen LogP contribution is 2.42. The predicted molar refractivity (Wildman–Crippen MR) is 446 cm³/mol. The summed E-state index contributed by atoms with van der Waals surface area (Å²) in [6, 6.07) is 46.6. The number of hydrogen-bond donors (Lipinski definition) is 8. The van der Waals surface area contributed by atoms with Gasteiger partial charge in [-0.2, -0.15) is 10.2 Å². The lowest BCUT2D eigenvalue weighted by molar-refractivity contribution is 0.0179. The molecule has 606 valence electrons. The first-order valence-corrected chi connectivity index (χ1v) is 39.1. The molecular weight excluding hydrogens is 1490 g/mol. The average Bonchev–Trinajstić information content (AvgIpc) is 0.798. The van der Waals surface area contributed by atoms with E-state index in [0.29, 0.717) is 163 Å². The number of ether oxygens (including phenoxy) is 11. The van der Waals surface area contributed by atoms with Gasteiger partial charge < -0.3 is 89.3 Å². The number of rotatable bonds is 34. The van der Waals surface area contributed by atoms with E-state index in [0.717, 1.165) is 53.4 Å². The standard InChI is InChI=1S/C43H49N5O8.C42H50N8O8S/c1-43(2,3)30-23-29(13-15-44)41(52-6)38(24-30)48-42(49)47-37-11-12-39(36-10-8-7-9-35(36)37)56-32-14-16-45-40(28-32)46-31-25-33(51-5)27-34(26-31)55-22-21-54-20-19-53-18-17-50-4;1-42(2,3)29-24-34(38(56-5)35(25-29)49-59(6,53)54)47-41(52)46-33-11-12-36(32-10-8-7-9-31(32)33)58-37-13-14-44-40(48-37)45-26-27-21-28(23-30(22-27)55-4)39(51)43-15-16-50-17-19-57-20-18-50/h7-12,14,16,23-28H,13,17-22H2,1-6H3,(H,45,46)(H2,47,48,49);7-14,21-25,49H,15-20,26H2,1-6H3,(H,43,51)(H,44,45,48)(H2,46,47,52). The Morgan fingerprint density at radius 2 is 1.13 bits per heavy atom. The Bertz CT molecular complexity index is 5180. The van der Waals surface area contributed by atoms with Crippen LogP contribution in [-0.2, 0) is 52.8 Å². The van der Waals surface area contributed by atoms with Crippen molar-refractivity contribution in [1.29, 1.82) is 5.26 Å². The van der Waals surface area contributed by atoms with Gasteiger partial charge in [0.25, 0.3) is 5.91 Å². The lowest BCUT2D eigenvalue weighted by atomic mass is 9.85. The second kappa shape index (κ2) is 40.5. The quantitative estimate of drug-likeness (QED) is 0.0174. The highest BCUT2D eigenvalue weighted by molar-refractivity contribution is 7.92. The van der Waals surface area contributed by atoms with Crippen LogP contribution in [0.15, 0.2) is 164 Å². The fraction of sp³-hybridized carbons (Fsp3) is 0.329. The van der Waals surface area contributed by atoms with Crippen LogP contribution in [0.4, 0.5) is 55.5 Å². The number of carbonyl (C=O) groups is 3. The van der Waals surface area contributed by atoms with E-state index in [9.17, 15) is 28.1 Å². The van der Waals surface area contributed by atoms with Gasteiger partial charge in [-0.15, -0.1) is 0 Å². The van der Waals surface area contributed by atoms with Crippen LogP contribution in [0.5, 0.6) is 51.9 Å². The molecule has 5 amide bonds. The molecule has 0 spiro atoms. The molecule has 30 heteroatoms. The van der Waals surface area contributed by atoms with Gasteiger partial charge in [-0.25, -0.2) is 28.0 Å². The Morgan fingerprint density at radius 3 is 1.74 bits per heavy atom. The Labute approximate surface area is 670 Å². The largest absolute Gasteiger partial charge is 0.497 e. The Hall–Kier alpha value is -12.2. The number of hydrogen-bond acceptors (Lipinski definition) is 23. The smallest absolute Gasteiger partial charge is 0.323 e. The van der Waals surface area contributed by atoms with Crippen LogP contribution >= 0.6 is 0 Å². The Kier molecular flexibility index (Phi) is 30.0. The summed E-state index contributed by atoms with van der Waals surface area (Å²) in [4.78, 5) is 55.7. The van der Waals surface area contributed by atoms with Crippen LogP contribution in [-0.4, -0.2) is 167 Å². The van der Waals surface area contributed by atoms with Gasteiger partial charge in [0.2, 0.25) is 21.9 Å². The topological polar surface area (TPSA) is 349 Å².